The van der Waals surface area contributed by atoms with Gasteiger partial charge in [0.05, 0.1) is 6.61 Å². The lowest BCUT2D eigenvalue weighted by atomic mass is 10.2. The normalized spacial score (nSPS) is 13.6. The van der Waals surface area contributed by atoms with E-state index in [0.717, 1.165) is 44.9 Å². The molecule has 0 radical (unpaired) electrons. The van der Waals surface area contributed by atoms with Gasteiger partial charge in [0.25, 0.3) is 0 Å². The van der Waals surface area contributed by atoms with Gasteiger partial charge in [-0.3, -0.25) is 4.79 Å². The van der Waals surface area contributed by atoms with Gasteiger partial charge in [0.1, 0.15) is 12.7 Å². The van der Waals surface area contributed by atoms with Crippen LogP contribution in [0.15, 0.2) is 48.6 Å². The third-order valence-electron chi connectivity index (χ3n) is 3.37. The molecule has 0 bridgehead atoms. The first-order valence-electron chi connectivity index (χ1n) is 9.25. The highest BCUT2D eigenvalue weighted by Gasteiger charge is 2.06. The number of ether oxygens (including phenoxy) is 1. The summed E-state index contributed by atoms with van der Waals surface area (Å²) in [5.74, 6) is -0.322. The van der Waals surface area contributed by atoms with Crippen LogP contribution in [0.25, 0.3) is 0 Å². The van der Waals surface area contributed by atoms with Gasteiger partial charge in [-0.2, -0.15) is 0 Å². The highest BCUT2D eigenvalue weighted by atomic mass is 16.5. The van der Waals surface area contributed by atoms with Crippen molar-refractivity contribution in [1.29, 1.82) is 0 Å². The van der Waals surface area contributed by atoms with Gasteiger partial charge in [-0.15, -0.1) is 0 Å². The summed E-state index contributed by atoms with van der Waals surface area (Å²) < 4.78 is 4.83. The quantitative estimate of drug-likeness (QED) is 0.263. The fraction of sp³-hybridized carbons (Fsp3) is 0.571. The van der Waals surface area contributed by atoms with Gasteiger partial charge in [0.2, 0.25) is 0 Å². The van der Waals surface area contributed by atoms with Gasteiger partial charge in [0, 0.05) is 6.42 Å². The topological polar surface area (TPSA) is 66.8 Å². The maximum Gasteiger partial charge on any atom is 0.305 e. The molecule has 0 saturated heterocycles. The van der Waals surface area contributed by atoms with Crippen LogP contribution >= 0.6 is 0 Å². The van der Waals surface area contributed by atoms with E-state index < -0.39 is 6.10 Å². The molecule has 142 valence electrons. The zero-order valence-electron chi connectivity index (χ0n) is 15.5. The largest absolute Gasteiger partial charge is 0.463 e. The summed E-state index contributed by atoms with van der Waals surface area (Å²) in [6.07, 6.45) is 23.4. The Labute approximate surface area is 152 Å². The molecule has 0 saturated carbocycles. The second-order valence-electron chi connectivity index (χ2n) is 5.77. The van der Waals surface area contributed by atoms with Crippen molar-refractivity contribution in [1.82, 2.24) is 0 Å². The molecule has 4 nitrogen and oxygen atoms in total. The number of hydrogen-bond acceptors (Lipinski definition) is 4. The van der Waals surface area contributed by atoms with Crippen LogP contribution in [0, 0.1) is 0 Å². The van der Waals surface area contributed by atoms with Crippen LogP contribution in [-0.2, 0) is 9.53 Å². The van der Waals surface area contributed by atoms with E-state index in [2.05, 4.69) is 55.5 Å². The van der Waals surface area contributed by atoms with Gasteiger partial charge >= 0.3 is 5.97 Å². The molecule has 0 aliphatic carbocycles. The van der Waals surface area contributed by atoms with E-state index in [9.17, 15) is 4.79 Å². The number of aliphatic hydroxyl groups excluding tert-OH is 2. The number of esters is 1. The number of rotatable bonds is 15. The average molecular weight is 350 g/mol. The predicted molar refractivity (Wildman–Crippen MR) is 103 cm³/mol. The summed E-state index contributed by atoms with van der Waals surface area (Å²) in [6.45, 7) is 1.61. The molecule has 2 N–H and O–H groups in total. The van der Waals surface area contributed by atoms with Crippen molar-refractivity contribution < 1.29 is 19.7 Å². The van der Waals surface area contributed by atoms with Crippen LogP contribution in [0.4, 0.5) is 0 Å². The molecule has 0 aromatic heterocycles. The third-order valence-corrected chi connectivity index (χ3v) is 3.37. The number of hydrogen-bond donors (Lipinski definition) is 2. The first-order valence-corrected chi connectivity index (χ1v) is 9.25. The van der Waals surface area contributed by atoms with Crippen molar-refractivity contribution in [3.05, 3.63) is 48.6 Å². The van der Waals surface area contributed by atoms with Crippen LogP contribution in [0.5, 0.6) is 0 Å². The smallest absolute Gasteiger partial charge is 0.305 e. The molecule has 0 aromatic carbocycles. The highest BCUT2D eigenvalue weighted by molar-refractivity contribution is 5.69. The molecule has 0 aliphatic rings. The Bertz CT molecular complexity index is 422. The Morgan fingerprint density at radius 3 is 2.04 bits per heavy atom. The lowest BCUT2D eigenvalue weighted by molar-refractivity contribution is -0.147. The molecule has 0 unspecified atom stereocenters. The zero-order chi connectivity index (χ0) is 18.6. The van der Waals surface area contributed by atoms with Crippen molar-refractivity contribution >= 4 is 5.97 Å². The minimum atomic E-state index is -0.978. The fourth-order valence-corrected chi connectivity index (χ4v) is 1.94. The Hall–Kier alpha value is -1.65. The van der Waals surface area contributed by atoms with E-state index in [0.29, 0.717) is 6.42 Å². The maximum absolute atomic E-state index is 11.3. The lowest BCUT2D eigenvalue weighted by Crippen LogP contribution is -2.21. The minimum Gasteiger partial charge on any atom is -0.463 e. The first kappa shape index (κ1) is 23.4. The standard InChI is InChI=1S/C21H34O4/c1-2-3-4-5-6-7-8-9-10-11-12-13-14-15-16-17-21(24)25-19-20(23)18-22/h3-4,6-7,9-10,12-13,20,22-23H,2,5,8,11,14-19H2,1H3/b4-3-,7-6-,10-9-,13-12-/t20-/m0/s1. The monoisotopic (exact) mass is 350 g/mol. The molecular formula is C21H34O4. The fourth-order valence-electron chi connectivity index (χ4n) is 1.94. The summed E-state index contributed by atoms with van der Waals surface area (Å²) in [5, 5.41) is 17.7. The molecule has 0 spiro atoms. The van der Waals surface area contributed by atoms with E-state index in [-0.39, 0.29) is 19.2 Å². The molecule has 0 heterocycles. The number of allylic oxidation sites excluding steroid dienone is 8. The summed E-state index contributed by atoms with van der Waals surface area (Å²) in [6, 6.07) is 0. The van der Waals surface area contributed by atoms with E-state index >= 15 is 0 Å². The Morgan fingerprint density at radius 1 is 0.920 bits per heavy atom. The second kappa shape index (κ2) is 18.7. The molecule has 0 amide bonds. The van der Waals surface area contributed by atoms with Crippen molar-refractivity contribution in [3.63, 3.8) is 0 Å². The molecule has 4 heteroatoms. The summed E-state index contributed by atoms with van der Waals surface area (Å²) in [7, 11) is 0. The van der Waals surface area contributed by atoms with E-state index in [1.165, 1.54) is 0 Å². The average Bonchev–Trinajstić information content (AvgIpc) is 2.62. The van der Waals surface area contributed by atoms with Crippen molar-refractivity contribution in [2.75, 3.05) is 13.2 Å². The highest BCUT2D eigenvalue weighted by Crippen LogP contribution is 2.03. The molecule has 25 heavy (non-hydrogen) atoms. The van der Waals surface area contributed by atoms with Crippen LogP contribution in [-0.4, -0.2) is 35.5 Å². The van der Waals surface area contributed by atoms with Crippen LogP contribution in [0.1, 0.15) is 58.3 Å². The number of aliphatic hydroxyl groups is 2. The summed E-state index contributed by atoms with van der Waals surface area (Å²) in [5.41, 5.74) is 0. The number of carbonyl (C=O) groups is 1. The van der Waals surface area contributed by atoms with Crippen LogP contribution in [0.3, 0.4) is 0 Å². The molecule has 0 aromatic rings. The van der Waals surface area contributed by atoms with Gasteiger partial charge in [-0.25, -0.2) is 0 Å². The first-order chi connectivity index (χ1) is 12.2. The molecule has 0 aliphatic heterocycles. The Kier molecular flexibility index (Phi) is 17.5. The maximum atomic E-state index is 11.3. The summed E-state index contributed by atoms with van der Waals surface area (Å²) >= 11 is 0. The van der Waals surface area contributed by atoms with E-state index in [1.54, 1.807) is 0 Å². The van der Waals surface area contributed by atoms with E-state index in [4.69, 9.17) is 14.9 Å². The molecular weight excluding hydrogens is 316 g/mol. The predicted octanol–water partition coefficient (Wildman–Crippen LogP) is 4.25. The van der Waals surface area contributed by atoms with Crippen molar-refractivity contribution in [2.24, 2.45) is 0 Å². The minimum absolute atomic E-state index is 0.133. The number of unbranched alkanes of at least 4 members (excludes halogenated alkanes) is 2. The van der Waals surface area contributed by atoms with Crippen molar-refractivity contribution in [2.45, 2.75) is 64.4 Å². The number of carbonyl (C=O) groups excluding carboxylic acids is 1. The summed E-state index contributed by atoms with van der Waals surface area (Å²) in [4.78, 5) is 11.3. The lowest BCUT2D eigenvalue weighted by Gasteiger charge is -2.07. The SMILES string of the molecule is CC/C=C\C/C=C\C/C=C\C/C=C\CCCCC(=O)OC[C@@H](O)CO. The third kappa shape index (κ3) is 18.5. The Balaban J connectivity index is 3.47. The zero-order valence-corrected chi connectivity index (χ0v) is 15.5. The van der Waals surface area contributed by atoms with Crippen LogP contribution in [0.2, 0.25) is 0 Å². The van der Waals surface area contributed by atoms with E-state index in [1.807, 2.05) is 0 Å². The molecule has 1 atom stereocenters. The molecule has 0 rings (SSSR count). The van der Waals surface area contributed by atoms with Crippen molar-refractivity contribution in [3.8, 4) is 0 Å². The van der Waals surface area contributed by atoms with Crippen LogP contribution < -0.4 is 0 Å². The van der Waals surface area contributed by atoms with Gasteiger partial charge in [-0.05, 0) is 44.9 Å². The Morgan fingerprint density at radius 2 is 1.48 bits per heavy atom. The van der Waals surface area contributed by atoms with Gasteiger partial charge in [-0.1, -0.05) is 55.5 Å². The van der Waals surface area contributed by atoms with Gasteiger partial charge < -0.3 is 14.9 Å². The molecule has 0 fully saturated rings. The second-order valence-corrected chi connectivity index (χ2v) is 5.77. The van der Waals surface area contributed by atoms with Gasteiger partial charge in [0.15, 0.2) is 0 Å².